The fourth-order valence-electron chi connectivity index (χ4n) is 2.28. The summed E-state index contributed by atoms with van der Waals surface area (Å²) in [5.74, 6) is 0.407. The van der Waals surface area contributed by atoms with E-state index in [9.17, 15) is 4.79 Å². The van der Waals surface area contributed by atoms with Crippen molar-refractivity contribution in [2.24, 2.45) is 0 Å². The first-order chi connectivity index (χ1) is 12.5. The van der Waals surface area contributed by atoms with Gasteiger partial charge in [-0.2, -0.15) is 0 Å². The number of ether oxygens (including phenoxy) is 1. The molecule has 0 aliphatic rings. The molecule has 0 unspecified atom stereocenters. The molecule has 134 valence electrons. The molecule has 0 atom stereocenters. The van der Waals surface area contributed by atoms with Crippen LogP contribution < -0.4 is 10.1 Å². The molecule has 0 aliphatic carbocycles. The third-order valence-corrected chi connectivity index (χ3v) is 5.04. The molecule has 4 nitrogen and oxygen atoms in total. The maximum Gasteiger partial charge on any atom is 0.231 e. The van der Waals surface area contributed by atoms with E-state index in [1.165, 1.54) is 11.3 Å². The highest BCUT2D eigenvalue weighted by Gasteiger charge is 2.10. The molecule has 0 bridgehead atoms. The molecule has 0 saturated carbocycles. The number of rotatable bonds is 6. The Hall–Kier alpha value is -2.08. The van der Waals surface area contributed by atoms with E-state index in [0.29, 0.717) is 15.8 Å². The topological polar surface area (TPSA) is 51.2 Å². The van der Waals surface area contributed by atoms with Crippen molar-refractivity contribution >= 4 is 46.1 Å². The van der Waals surface area contributed by atoms with Crippen LogP contribution in [0.1, 0.15) is 16.3 Å². The van der Waals surface area contributed by atoms with E-state index < -0.39 is 0 Å². The van der Waals surface area contributed by atoms with Crippen molar-refractivity contribution in [3.05, 3.63) is 74.2 Å². The van der Waals surface area contributed by atoms with Crippen molar-refractivity contribution in [3.63, 3.8) is 0 Å². The first-order valence-corrected chi connectivity index (χ1v) is 9.51. The normalized spacial score (nSPS) is 10.6. The minimum Gasteiger partial charge on any atom is -0.486 e. The summed E-state index contributed by atoms with van der Waals surface area (Å²) in [6.45, 7) is 2.21. The lowest BCUT2D eigenvalue weighted by molar-refractivity contribution is -0.115. The number of para-hydroxylation sites is 1. The van der Waals surface area contributed by atoms with Gasteiger partial charge in [-0.15, -0.1) is 11.3 Å². The SMILES string of the molecule is Cc1ccccc1NC(=O)Cc1nc(COc2cc(Cl)ccc2Cl)cs1. The molecule has 0 aliphatic heterocycles. The van der Waals surface area contributed by atoms with Gasteiger partial charge < -0.3 is 10.1 Å². The van der Waals surface area contributed by atoms with Crippen molar-refractivity contribution < 1.29 is 9.53 Å². The smallest absolute Gasteiger partial charge is 0.231 e. The Morgan fingerprint density at radius 1 is 1.23 bits per heavy atom. The van der Waals surface area contributed by atoms with Gasteiger partial charge in [-0.25, -0.2) is 4.98 Å². The van der Waals surface area contributed by atoms with E-state index in [-0.39, 0.29) is 18.9 Å². The van der Waals surface area contributed by atoms with Crippen LogP contribution in [0.5, 0.6) is 5.75 Å². The van der Waals surface area contributed by atoms with Crippen LogP contribution in [-0.4, -0.2) is 10.9 Å². The van der Waals surface area contributed by atoms with E-state index in [1.807, 2.05) is 36.6 Å². The Morgan fingerprint density at radius 3 is 2.85 bits per heavy atom. The fraction of sp³-hybridized carbons (Fsp3) is 0.158. The molecule has 0 fully saturated rings. The summed E-state index contributed by atoms with van der Waals surface area (Å²) in [5.41, 5.74) is 2.57. The Kier molecular flexibility index (Phi) is 6.14. The second kappa shape index (κ2) is 8.54. The Labute approximate surface area is 165 Å². The molecule has 0 radical (unpaired) electrons. The Bertz CT molecular complexity index is 927. The molecule has 1 aromatic heterocycles. The van der Waals surface area contributed by atoms with E-state index in [0.717, 1.165) is 22.0 Å². The summed E-state index contributed by atoms with van der Waals surface area (Å²) in [7, 11) is 0. The zero-order chi connectivity index (χ0) is 18.5. The summed E-state index contributed by atoms with van der Waals surface area (Å²) >= 11 is 13.4. The van der Waals surface area contributed by atoms with Crippen molar-refractivity contribution in [1.29, 1.82) is 0 Å². The quantitative estimate of drug-likeness (QED) is 0.586. The summed E-state index contributed by atoms with van der Waals surface area (Å²) in [5, 5.41) is 6.54. The number of hydrogen-bond acceptors (Lipinski definition) is 4. The maximum atomic E-state index is 12.2. The highest BCUT2D eigenvalue weighted by atomic mass is 35.5. The van der Waals surface area contributed by atoms with Crippen LogP contribution in [0.4, 0.5) is 5.69 Å². The number of aryl methyl sites for hydroxylation is 1. The van der Waals surface area contributed by atoms with Crippen LogP contribution in [0.25, 0.3) is 0 Å². The van der Waals surface area contributed by atoms with Gasteiger partial charge in [-0.3, -0.25) is 4.79 Å². The zero-order valence-corrected chi connectivity index (χ0v) is 16.3. The molecule has 1 heterocycles. The fourth-order valence-corrected chi connectivity index (χ4v) is 3.39. The van der Waals surface area contributed by atoms with Crippen LogP contribution in [0.2, 0.25) is 10.0 Å². The van der Waals surface area contributed by atoms with Gasteiger partial charge in [0.15, 0.2) is 0 Å². The number of nitrogens with one attached hydrogen (secondary N) is 1. The van der Waals surface area contributed by atoms with Crippen LogP contribution in [0.15, 0.2) is 47.8 Å². The van der Waals surface area contributed by atoms with Gasteiger partial charge >= 0.3 is 0 Å². The minimum atomic E-state index is -0.0981. The van der Waals surface area contributed by atoms with E-state index in [4.69, 9.17) is 27.9 Å². The molecular formula is C19H16Cl2N2O2S. The third-order valence-electron chi connectivity index (χ3n) is 3.60. The predicted octanol–water partition coefficient (Wildman–Crippen LogP) is 5.52. The van der Waals surface area contributed by atoms with Crippen LogP contribution in [-0.2, 0) is 17.8 Å². The van der Waals surface area contributed by atoms with Crippen molar-refractivity contribution in [1.82, 2.24) is 4.98 Å². The standard InChI is InChI=1S/C19H16Cl2N2O2S/c1-12-4-2-3-5-16(12)23-18(24)9-19-22-14(11-26-19)10-25-17-8-13(20)6-7-15(17)21/h2-8,11H,9-10H2,1H3,(H,23,24). The molecule has 1 N–H and O–H groups in total. The van der Waals surface area contributed by atoms with Gasteiger partial charge in [0, 0.05) is 22.2 Å². The van der Waals surface area contributed by atoms with Gasteiger partial charge in [-0.05, 0) is 30.7 Å². The molecule has 0 spiro atoms. The molecule has 3 aromatic rings. The number of halogens is 2. The number of anilines is 1. The number of aromatic nitrogens is 1. The highest BCUT2D eigenvalue weighted by Crippen LogP contribution is 2.28. The van der Waals surface area contributed by atoms with E-state index >= 15 is 0 Å². The number of benzene rings is 2. The second-order valence-electron chi connectivity index (χ2n) is 5.64. The first-order valence-electron chi connectivity index (χ1n) is 7.88. The second-order valence-corrected chi connectivity index (χ2v) is 7.42. The monoisotopic (exact) mass is 406 g/mol. The Morgan fingerprint density at radius 2 is 2.04 bits per heavy atom. The predicted molar refractivity (Wildman–Crippen MR) is 106 cm³/mol. The zero-order valence-electron chi connectivity index (χ0n) is 14.0. The number of carbonyl (C=O) groups is 1. The lowest BCUT2D eigenvalue weighted by atomic mass is 10.2. The van der Waals surface area contributed by atoms with Gasteiger partial charge in [-0.1, -0.05) is 41.4 Å². The molecule has 1 amide bonds. The molecule has 2 aromatic carbocycles. The van der Waals surface area contributed by atoms with Gasteiger partial charge in [0.2, 0.25) is 5.91 Å². The van der Waals surface area contributed by atoms with Crippen LogP contribution in [0.3, 0.4) is 0 Å². The number of carbonyl (C=O) groups excluding carboxylic acids is 1. The van der Waals surface area contributed by atoms with Gasteiger partial charge in [0.25, 0.3) is 0 Å². The van der Waals surface area contributed by atoms with Crippen molar-refractivity contribution in [2.45, 2.75) is 20.0 Å². The van der Waals surface area contributed by atoms with E-state index in [1.54, 1.807) is 18.2 Å². The lowest BCUT2D eigenvalue weighted by Gasteiger charge is -2.07. The number of nitrogens with zero attached hydrogens (tertiary/aromatic N) is 1. The molecule has 7 heteroatoms. The first kappa shape index (κ1) is 18.7. The number of hydrogen-bond donors (Lipinski definition) is 1. The van der Waals surface area contributed by atoms with Gasteiger partial charge in [0.1, 0.15) is 17.4 Å². The summed E-state index contributed by atoms with van der Waals surface area (Å²) < 4.78 is 5.66. The average Bonchev–Trinajstić information content (AvgIpc) is 3.05. The summed E-state index contributed by atoms with van der Waals surface area (Å²) in [6.07, 6.45) is 0.219. The molecule has 3 rings (SSSR count). The summed E-state index contributed by atoms with van der Waals surface area (Å²) in [4.78, 5) is 16.6. The lowest BCUT2D eigenvalue weighted by Crippen LogP contribution is -2.15. The van der Waals surface area contributed by atoms with Crippen molar-refractivity contribution in [3.8, 4) is 5.75 Å². The number of thiazole rings is 1. The molecular weight excluding hydrogens is 391 g/mol. The van der Waals surface area contributed by atoms with Crippen LogP contribution >= 0.6 is 34.5 Å². The Balaban J connectivity index is 1.57. The van der Waals surface area contributed by atoms with E-state index in [2.05, 4.69) is 10.3 Å². The molecule has 26 heavy (non-hydrogen) atoms. The number of amides is 1. The van der Waals surface area contributed by atoms with Crippen LogP contribution in [0, 0.1) is 6.92 Å². The maximum absolute atomic E-state index is 12.2. The largest absolute Gasteiger partial charge is 0.486 e. The summed E-state index contributed by atoms with van der Waals surface area (Å²) in [6, 6.07) is 12.7. The molecule has 0 saturated heterocycles. The van der Waals surface area contributed by atoms with Crippen molar-refractivity contribution in [2.75, 3.05) is 5.32 Å². The average molecular weight is 407 g/mol. The third kappa shape index (κ3) is 4.97. The minimum absolute atomic E-state index is 0.0981. The highest BCUT2D eigenvalue weighted by molar-refractivity contribution is 7.09. The van der Waals surface area contributed by atoms with Gasteiger partial charge in [0.05, 0.1) is 17.1 Å².